The van der Waals surface area contributed by atoms with Crippen molar-refractivity contribution in [3.63, 3.8) is 0 Å². The summed E-state index contributed by atoms with van der Waals surface area (Å²) < 4.78 is 0. The van der Waals surface area contributed by atoms with Crippen LogP contribution in [0.5, 0.6) is 0 Å². The van der Waals surface area contributed by atoms with Gasteiger partial charge in [-0.25, -0.2) is 0 Å². The summed E-state index contributed by atoms with van der Waals surface area (Å²) in [6.45, 7) is 1.97. The van der Waals surface area contributed by atoms with Gasteiger partial charge in [0.25, 0.3) is 0 Å². The van der Waals surface area contributed by atoms with Crippen LogP contribution in [0.4, 0.5) is 0 Å². The van der Waals surface area contributed by atoms with Gasteiger partial charge in [-0.05, 0) is 29.8 Å². The molecule has 1 rings (SSSR count). The van der Waals surface area contributed by atoms with Crippen molar-refractivity contribution in [2.24, 2.45) is 5.18 Å². The Kier molecular flexibility index (Phi) is 3.48. The van der Waals surface area contributed by atoms with Crippen LogP contribution < -0.4 is 0 Å². The normalized spacial score (nSPS) is 11.2. The van der Waals surface area contributed by atoms with E-state index in [4.69, 9.17) is 11.6 Å². The van der Waals surface area contributed by atoms with E-state index in [9.17, 15) is 4.91 Å². The van der Waals surface area contributed by atoms with Gasteiger partial charge in [0.1, 0.15) is 0 Å². The monoisotopic (exact) mass is 193 g/mol. The maximum Gasteiger partial charge on any atom is 0.225 e. The molecule has 0 aliphatic rings. The Hall–Kier alpha value is -1.33. The third-order valence-electron chi connectivity index (χ3n) is 1.45. The average Bonchev–Trinajstić information content (AvgIpc) is 2.14. The fourth-order valence-corrected chi connectivity index (χ4v) is 0.947. The highest BCUT2D eigenvalue weighted by atomic mass is 35.5. The Morgan fingerprint density at radius 2 is 2.31 bits per heavy atom. The molecule has 0 heterocycles. The Balaban J connectivity index is 2.83. The first-order valence-corrected chi connectivity index (χ1v) is 4.21. The number of halogens is 1. The molecule has 0 aliphatic heterocycles. The molecule has 0 saturated heterocycles. The molecule has 2 nitrogen and oxygen atoms in total. The molecule has 66 valence electrons. The minimum absolute atomic E-state index is 0.842. The summed E-state index contributed by atoms with van der Waals surface area (Å²) in [5, 5.41) is 2.57. The Labute approximate surface area is 81.9 Å². The zero-order chi connectivity index (χ0) is 9.68. The van der Waals surface area contributed by atoms with Crippen LogP contribution in [0.2, 0.25) is 0 Å². The molecule has 1 aromatic rings. The first-order valence-electron chi connectivity index (χ1n) is 3.77. The molecule has 0 fully saturated rings. The second-order valence-electron chi connectivity index (χ2n) is 2.58. The number of nitroso groups, excluding NO2 is 1. The Morgan fingerprint density at radius 1 is 1.54 bits per heavy atom. The molecule has 13 heavy (non-hydrogen) atoms. The van der Waals surface area contributed by atoms with E-state index in [0.717, 1.165) is 11.1 Å². The lowest BCUT2D eigenvalue weighted by Crippen LogP contribution is -1.85. The zero-order valence-corrected chi connectivity index (χ0v) is 7.88. The number of benzene rings is 1. The van der Waals surface area contributed by atoms with E-state index >= 15 is 0 Å². The van der Waals surface area contributed by atoms with E-state index in [1.165, 1.54) is 0 Å². The lowest BCUT2D eigenvalue weighted by atomic mass is 10.1. The highest BCUT2D eigenvalue weighted by Crippen LogP contribution is 2.02. The van der Waals surface area contributed by atoms with E-state index in [1.54, 1.807) is 0 Å². The summed E-state index contributed by atoms with van der Waals surface area (Å²) in [7, 11) is 0. The lowest BCUT2D eigenvalue weighted by molar-refractivity contribution is 1.16. The van der Waals surface area contributed by atoms with Gasteiger partial charge in [0.15, 0.2) is 0 Å². The van der Waals surface area contributed by atoms with Gasteiger partial charge in [-0.2, -0.15) is 0 Å². The molecular formula is C10H8ClNO. The van der Waals surface area contributed by atoms with Crippen molar-refractivity contribution in [3.05, 3.63) is 40.3 Å². The average molecular weight is 194 g/mol. The summed E-state index contributed by atoms with van der Waals surface area (Å²) >= 11 is 5.40. The van der Waals surface area contributed by atoms with E-state index in [1.807, 2.05) is 31.2 Å². The van der Waals surface area contributed by atoms with Crippen molar-refractivity contribution < 1.29 is 0 Å². The van der Waals surface area contributed by atoms with Crippen molar-refractivity contribution in [2.75, 3.05) is 0 Å². The highest BCUT2D eigenvalue weighted by molar-refractivity contribution is 6.22. The topological polar surface area (TPSA) is 29.4 Å². The van der Waals surface area contributed by atoms with Crippen molar-refractivity contribution >= 4 is 11.6 Å². The second-order valence-corrected chi connectivity index (χ2v) is 2.99. The molecule has 0 radical (unpaired) electrons. The fraction of sp³-hybridized carbons (Fsp3) is 0.200. The van der Waals surface area contributed by atoms with Crippen LogP contribution >= 0.6 is 11.6 Å². The van der Waals surface area contributed by atoms with E-state index in [0.29, 0.717) is 0 Å². The number of hydrogen-bond acceptors (Lipinski definition) is 2. The molecule has 1 atom stereocenters. The maximum absolute atomic E-state index is 9.91. The van der Waals surface area contributed by atoms with Gasteiger partial charge < -0.3 is 0 Å². The fourth-order valence-electron chi connectivity index (χ4n) is 0.892. The third kappa shape index (κ3) is 3.27. The van der Waals surface area contributed by atoms with Gasteiger partial charge in [-0.3, -0.25) is 0 Å². The van der Waals surface area contributed by atoms with E-state index in [-0.39, 0.29) is 0 Å². The van der Waals surface area contributed by atoms with Gasteiger partial charge >= 0.3 is 0 Å². The quantitative estimate of drug-likeness (QED) is 0.292. The van der Waals surface area contributed by atoms with E-state index in [2.05, 4.69) is 17.0 Å². The lowest BCUT2D eigenvalue weighted by Gasteiger charge is -1.92. The Morgan fingerprint density at radius 3 is 2.92 bits per heavy atom. The molecule has 0 aliphatic carbocycles. The van der Waals surface area contributed by atoms with Crippen LogP contribution in [0.1, 0.15) is 11.1 Å². The summed E-state index contributed by atoms with van der Waals surface area (Å²) in [6.07, 6.45) is 0. The van der Waals surface area contributed by atoms with Crippen LogP contribution in [0.25, 0.3) is 0 Å². The second kappa shape index (κ2) is 4.64. The molecule has 0 bridgehead atoms. The minimum atomic E-state index is -0.958. The van der Waals surface area contributed by atoms with Crippen LogP contribution in [0.15, 0.2) is 29.4 Å². The molecule has 3 heteroatoms. The number of hydrogen-bond donors (Lipinski definition) is 0. The van der Waals surface area contributed by atoms with Gasteiger partial charge in [0.2, 0.25) is 5.50 Å². The van der Waals surface area contributed by atoms with Crippen molar-refractivity contribution in [3.8, 4) is 11.8 Å². The number of aryl methyl sites for hydroxylation is 1. The van der Waals surface area contributed by atoms with Crippen LogP contribution in [-0.4, -0.2) is 5.50 Å². The van der Waals surface area contributed by atoms with Gasteiger partial charge in [0, 0.05) is 5.56 Å². The van der Waals surface area contributed by atoms with Crippen LogP contribution in [0.3, 0.4) is 0 Å². The molecule has 0 amide bonds. The van der Waals surface area contributed by atoms with E-state index < -0.39 is 5.50 Å². The highest BCUT2D eigenvalue weighted by Gasteiger charge is 1.94. The SMILES string of the molecule is Cc1cccc(C#CC(Cl)N=O)c1. The van der Waals surface area contributed by atoms with Gasteiger partial charge in [-0.15, -0.1) is 4.91 Å². The summed E-state index contributed by atoms with van der Waals surface area (Å²) in [4.78, 5) is 9.91. The summed E-state index contributed by atoms with van der Waals surface area (Å²) in [5.74, 6) is 5.27. The van der Waals surface area contributed by atoms with Crippen molar-refractivity contribution in [1.29, 1.82) is 0 Å². The first kappa shape index (κ1) is 9.76. The van der Waals surface area contributed by atoms with Gasteiger partial charge in [0.05, 0.1) is 0 Å². The first-order chi connectivity index (χ1) is 6.22. The predicted octanol–water partition coefficient (Wildman–Crippen LogP) is 2.68. The largest absolute Gasteiger partial charge is 0.225 e. The molecule has 0 saturated carbocycles. The standard InChI is InChI=1S/C10H8ClNO/c1-8-3-2-4-9(7-8)5-6-10(11)12-13/h2-4,7,10H,1H3. The summed E-state index contributed by atoms with van der Waals surface area (Å²) in [5.41, 5.74) is 1.01. The van der Waals surface area contributed by atoms with Crippen LogP contribution in [-0.2, 0) is 0 Å². The Bertz CT molecular complexity index is 365. The molecule has 0 spiro atoms. The third-order valence-corrected chi connectivity index (χ3v) is 1.64. The molecular weight excluding hydrogens is 186 g/mol. The van der Waals surface area contributed by atoms with Crippen LogP contribution in [0, 0.1) is 23.7 Å². The molecule has 1 unspecified atom stereocenters. The summed E-state index contributed by atoms with van der Waals surface area (Å²) in [6, 6.07) is 7.65. The maximum atomic E-state index is 9.91. The van der Waals surface area contributed by atoms with Crippen molar-refractivity contribution in [2.45, 2.75) is 12.4 Å². The van der Waals surface area contributed by atoms with Crippen molar-refractivity contribution in [1.82, 2.24) is 0 Å². The predicted molar refractivity (Wildman–Crippen MR) is 53.5 cm³/mol. The van der Waals surface area contributed by atoms with Gasteiger partial charge in [-0.1, -0.05) is 35.6 Å². The molecule has 1 aromatic carbocycles. The minimum Gasteiger partial charge on any atom is -0.148 e. The molecule has 0 aromatic heterocycles. The number of rotatable bonds is 1. The molecule has 0 N–H and O–H groups in total. The smallest absolute Gasteiger partial charge is 0.148 e. The number of nitrogens with zero attached hydrogens (tertiary/aromatic N) is 1. The zero-order valence-electron chi connectivity index (χ0n) is 7.12. The number of alkyl halides is 1.